The lowest BCUT2D eigenvalue weighted by atomic mass is 9.89. The smallest absolute Gasteiger partial charge is 0.303 e. The first-order valence-corrected chi connectivity index (χ1v) is 3.69. The van der Waals surface area contributed by atoms with E-state index in [0.29, 0.717) is 13.0 Å². The van der Waals surface area contributed by atoms with Gasteiger partial charge in [-0.1, -0.05) is 13.8 Å². The van der Waals surface area contributed by atoms with E-state index in [1.165, 1.54) is 0 Å². The zero-order valence-corrected chi connectivity index (χ0v) is 7.39. The molecule has 0 unspecified atom stereocenters. The van der Waals surface area contributed by atoms with Gasteiger partial charge in [0.15, 0.2) is 0 Å². The minimum absolute atomic E-state index is 0.0207. The third-order valence-corrected chi connectivity index (χ3v) is 1.55. The third-order valence-electron chi connectivity index (χ3n) is 1.55. The molecule has 0 bridgehead atoms. The first-order chi connectivity index (χ1) is 4.98. The first-order valence-electron chi connectivity index (χ1n) is 3.69. The van der Waals surface area contributed by atoms with E-state index in [1.807, 2.05) is 13.8 Å². The van der Waals surface area contributed by atoms with E-state index in [9.17, 15) is 4.79 Å². The van der Waals surface area contributed by atoms with Gasteiger partial charge in [-0.15, -0.1) is 0 Å². The monoisotopic (exact) mass is 160 g/mol. The maximum Gasteiger partial charge on any atom is 0.303 e. The van der Waals surface area contributed by atoms with Crippen molar-refractivity contribution < 1.29 is 14.6 Å². The molecule has 11 heavy (non-hydrogen) atoms. The molecule has 0 radical (unpaired) electrons. The van der Waals surface area contributed by atoms with Crippen molar-refractivity contribution in [2.24, 2.45) is 5.41 Å². The molecule has 0 spiro atoms. The molecule has 3 heteroatoms. The Morgan fingerprint density at radius 1 is 1.55 bits per heavy atom. The van der Waals surface area contributed by atoms with Gasteiger partial charge in [-0.3, -0.25) is 4.79 Å². The van der Waals surface area contributed by atoms with Gasteiger partial charge < -0.3 is 9.84 Å². The normalized spacial score (nSPS) is 11.5. The SMILES string of the molecule is COCC(C)(C)CCC(=O)O. The second kappa shape index (κ2) is 4.34. The quantitative estimate of drug-likeness (QED) is 0.663. The summed E-state index contributed by atoms with van der Waals surface area (Å²) in [6.07, 6.45) is 0.881. The number of aliphatic carboxylic acids is 1. The fraction of sp³-hybridized carbons (Fsp3) is 0.875. The Bertz CT molecular complexity index is 129. The van der Waals surface area contributed by atoms with Crippen LogP contribution in [0.2, 0.25) is 0 Å². The molecular weight excluding hydrogens is 144 g/mol. The number of hydrogen-bond donors (Lipinski definition) is 1. The maximum atomic E-state index is 10.2. The molecule has 0 aromatic rings. The fourth-order valence-electron chi connectivity index (χ4n) is 0.908. The number of carboxylic acid groups (broad SMARTS) is 1. The number of carbonyl (C=O) groups is 1. The van der Waals surface area contributed by atoms with Crippen LogP contribution in [-0.2, 0) is 9.53 Å². The minimum Gasteiger partial charge on any atom is -0.481 e. The van der Waals surface area contributed by atoms with Crippen molar-refractivity contribution in [1.82, 2.24) is 0 Å². The average molecular weight is 160 g/mol. The van der Waals surface area contributed by atoms with Gasteiger partial charge in [0, 0.05) is 13.5 Å². The van der Waals surface area contributed by atoms with Crippen LogP contribution in [0.25, 0.3) is 0 Å². The minimum atomic E-state index is -0.742. The molecule has 0 saturated carbocycles. The van der Waals surface area contributed by atoms with E-state index < -0.39 is 5.97 Å². The van der Waals surface area contributed by atoms with Crippen molar-refractivity contribution in [3.8, 4) is 0 Å². The van der Waals surface area contributed by atoms with Gasteiger partial charge >= 0.3 is 5.97 Å². The van der Waals surface area contributed by atoms with E-state index in [1.54, 1.807) is 7.11 Å². The lowest BCUT2D eigenvalue weighted by Crippen LogP contribution is -2.19. The van der Waals surface area contributed by atoms with Crippen LogP contribution in [0.5, 0.6) is 0 Å². The van der Waals surface area contributed by atoms with Crippen molar-refractivity contribution in [2.75, 3.05) is 13.7 Å². The van der Waals surface area contributed by atoms with E-state index in [2.05, 4.69) is 0 Å². The second-order valence-electron chi connectivity index (χ2n) is 3.49. The summed E-state index contributed by atoms with van der Waals surface area (Å²) in [4.78, 5) is 10.2. The van der Waals surface area contributed by atoms with Crippen molar-refractivity contribution in [1.29, 1.82) is 0 Å². The largest absolute Gasteiger partial charge is 0.481 e. The molecule has 0 amide bonds. The lowest BCUT2D eigenvalue weighted by Gasteiger charge is -2.22. The number of methoxy groups -OCH3 is 1. The summed E-state index contributed by atoms with van der Waals surface area (Å²) in [5, 5.41) is 8.40. The van der Waals surface area contributed by atoms with Crippen LogP contribution in [-0.4, -0.2) is 24.8 Å². The molecule has 0 rings (SSSR count). The van der Waals surface area contributed by atoms with Gasteiger partial charge in [-0.05, 0) is 11.8 Å². The number of rotatable bonds is 5. The zero-order valence-electron chi connectivity index (χ0n) is 7.39. The molecular formula is C8H16O3. The van der Waals surface area contributed by atoms with Crippen LogP contribution in [0.4, 0.5) is 0 Å². The van der Waals surface area contributed by atoms with Gasteiger partial charge in [-0.25, -0.2) is 0 Å². The fourth-order valence-corrected chi connectivity index (χ4v) is 0.908. The summed E-state index contributed by atoms with van der Waals surface area (Å²) in [6, 6.07) is 0. The molecule has 66 valence electrons. The molecule has 1 N–H and O–H groups in total. The number of ether oxygens (including phenoxy) is 1. The molecule has 0 atom stereocenters. The lowest BCUT2D eigenvalue weighted by molar-refractivity contribution is -0.137. The maximum absolute atomic E-state index is 10.2. The van der Waals surface area contributed by atoms with Crippen LogP contribution in [0, 0.1) is 5.41 Å². The number of carboxylic acids is 1. The zero-order chi connectivity index (χ0) is 8.91. The molecule has 3 nitrogen and oxygen atoms in total. The van der Waals surface area contributed by atoms with E-state index >= 15 is 0 Å². The average Bonchev–Trinajstić information content (AvgIpc) is 1.84. The van der Waals surface area contributed by atoms with Crippen LogP contribution >= 0.6 is 0 Å². The summed E-state index contributed by atoms with van der Waals surface area (Å²) >= 11 is 0. The first kappa shape index (κ1) is 10.4. The Morgan fingerprint density at radius 2 is 2.09 bits per heavy atom. The van der Waals surface area contributed by atoms with Crippen LogP contribution in [0.1, 0.15) is 26.7 Å². The topological polar surface area (TPSA) is 46.5 Å². The van der Waals surface area contributed by atoms with Crippen molar-refractivity contribution >= 4 is 5.97 Å². The van der Waals surface area contributed by atoms with Crippen LogP contribution in [0.3, 0.4) is 0 Å². The van der Waals surface area contributed by atoms with E-state index in [4.69, 9.17) is 9.84 Å². The predicted molar refractivity (Wildman–Crippen MR) is 42.5 cm³/mol. The van der Waals surface area contributed by atoms with Crippen LogP contribution < -0.4 is 0 Å². The molecule has 0 aromatic heterocycles. The highest BCUT2D eigenvalue weighted by atomic mass is 16.5. The second-order valence-corrected chi connectivity index (χ2v) is 3.49. The molecule has 0 heterocycles. The summed E-state index contributed by atoms with van der Waals surface area (Å²) < 4.78 is 4.95. The Labute approximate surface area is 67.4 Å². The molecule has 0 aliphatic carbocycles. The summed E-state index contributed by atoms with van der Waals surface area (Å²) in [7, 11) is 1.63. The highest BCUT2D eigenvalue weighted by Crippen LogP contribution is 2.21. The van der Waals surface area contributed by atoms with Crippen molar-refractivity contribution in [2.45, 2.75) is 26.7 Å². The van der Waals surface area contributed by atoms with Gasteiger partial charge in [0.1, 0.15) is 0 Å². The van der Waals surface area contributed by atoms with Crippen LogP contribution in [0.15, 0.2) is 0 Å². The molecule has 0 saturated heterocycles. The standard InChI is InChI=1S/C8H16O3/c1-8(2,6-11-3)5-4-7(9)10/h4-6H2,1-3H3,(H,9,10). The Morgan fingerprint density at radius 3 is 2.45 bits per heavy atom. The molecule has 0 fully saturated rings. The van der Waals surface area contributed by atoms with Gasteiger partial charge in [0.2, 0.25) is 0 Å². The van der Waals surface area contributed by atoms with Gasteiger partial charge in [-0.2, -0.15) is 0 Å². The third kappa shape index (κ3) is 5.85. The Kier molecular flexibility index (Phi) is 4.11. The Balaban J connectivity index is 3.63. The molecule has 0 aromatic carbocycles. The Hall–Kier alpha value is -0.570. The van der Waals surface area contributed by atoms with Crippen molar-refractivity contribution in [3.05, 3.63) is 0 Å². The highest BCUT2D eigenvalue weighted by Gasteiger charge is 2.18. The summed E-state index contributed by atoms with van der Waals surface area (Å²) in [5.74, 6) is -0.742. The highest BCUT2D eigenvalue weighted by molar-refractivity contribution is 5.66. The van der Waals surface area contributed by atoms with Crippen molar-refractivity contribution in [3.63, 3.8) is 0 Å². The van der Waals surface area contributed by atoms with Gasteiger partial charge in [0.05, 0.1) is 6.61 Å². The van der Waals surface area contributed by atoms with E-state index in [-0.39, 0.29) is 11.8 Å². The summed E-state index contributed by atoms with van der Waals surface area (Å²) in [5.41, 5.74) is -0.0207. The van der Waals surface area contributed by atoms with Gasteiger partial charge in [0.25, 0.3) is 0 Å². The predicted octanol–water partition coefficient (Wildman–Crippen LogP) is 1.52. The summed E-state index contributed by atoms with van der Waals surface area (Å²) in [6.45, 7) is 4.61. The molecule has 0 aliphatic heterocycles. The molecule has 0 aliphatic rings. The number of hydrogen-bond acceptors (Lipinski definition) is 2. The van der Waals surface area contributed by atoms with E-state index in [0.717, 1.165) is 0 Å².